The molecule has 118 valence electrons. The maximum absolute atomic E-state index is 11.9. The highest BCUT2D eigenvalue weighted by Crippen LogP contribution is 2.08. The molecular weight excluding hydrogens is 280 g/mol. The van der Waals surface area contributed by atoms with Gasteiger partial charge in [0.2, 0.25) is 11.8 Å². The maximum atomic E-state index is 11.9. The number of rotatable bonds is 6. The number of nitrogens with one attached hydrogen (secondary N) is 3. The fourth-order valence-corrected chi connectivity index (χ4v) is 1.92. The third-order valence-corrected chi connectivity index (χ3v) is 2.98. The SMILES string of the molecule is CC(NC(=O)NCC(=O)NCC(=O)O)C(=O)N1CCCC1. The van der Waals surface area contributed by atoms with Crippen LogP contribution < -0.4 is 16.0 Å². The fraction of sp³-hybridized carbons (Fsp3) is 0.667. The molecular formula is C12H20N4O5. The number of hydrogen-bond donors (Lipinski definition) is 4. The number of hydrogen-bond acceptors (Lipinski definition) is 4. The molecule has 1 fully saturated rings. The van der Waals surface area contributed by atoms with Gasteiger partial charge < -0.3 is 26.0 Å². The minimum atomic E-state index is -1.17. The van der Waals surface area contributed by atoms with E-state index in [4.69, 9.17) is 5.11 Å². The van der Waals surface area contributed by atoms with Gasteiger partial charge in [-0.2, -0.15) is 0 Å². The Balaban J connectivity index is 2.24. The molecule has 4 N–H and O–H groups in total. The van der Waals surface area contributed by atoms with E-state index < -0.39 is 30.5 Å². The Kier molecular flexibility index (Phi) is 6.44. The standard InChI is InChI=1S/C12H20N4O5/c1-8(11(20)16-4-2-3-5-16)15-12(21)14-6-9(17)13-7-10(18)19/h8H,2-7H2,1H3,(H,13,17)(H,18,19)(H2,14,15,21). The first-order chi connectivity index (χ1) is 9.90. The summed E-state index contributed by atoms with van der Waals surface area (Å²) in [6.07, 6.45) is 1.93. The number of carbonyl (C=O) groups excluding carboxylic acids is 3. The third kappa shape index (κ3) is 6.11. The average Bonchev–Trinajstić information content (AvgIpc) is 2.95. The molecule has 4 amide bonds. The van der Waals surface area contributed by atoms with Gasteiger partial charge in [-0.1, -0.05) is 0 Å². The average molecular weight is 300 g/mol. The zero-order chi connectivity index (χ0) is 15.8. The lowest BCUT2D eigenvalue weighted by atomic mass is 10.3. The van der Waals surface area contributed by atoms with Crippen molar-refractivity contribution < 1.29 is 24.3 Å². The van der Waals surface area contributed by atoms with E-state index >= 15 is 0 Å². The summed E-state index contributed by atoms with van der Waals surface area (Å²) in [4.78, 5) is 46.6. The van der Waals surface area contributed by atoms with Crippen molar-refractivity contribution in [2.24, 2.45) is 0 Å². The predicted octanol–water partition coefficient (Wildman–Crippen LogP) is -1.50. The van der Waals surface area contributed by atoms with Gasteiger partial charge in [0.1, 0.15) is 12.6 Å². The minimum Gasteiger partial charge on any atom is -0.480 e. The van der Waals surface area contributed by atoms with Gasteiger partial charge in [-0.15, -0.1) is 0 Å². The van der Waals surface area contributed by atoms with Crippen molar-refractivity contribution >= 4 is 23.8 Å². The maximum Gasteiger partial charge on any atom is 0.322 e. The summed E-state index contributed by atoms with van der Waals surface area (Å²) in [6, 6.07) is -1.33. The van der Waals surface area contributed by atoms with Gasteiger partial charge in [0.15, 0.2) is 0 Å². The van der Waals surface area contributed by atoms with Gasteiger partial charge in [-0.25, -0.2) is 4.79 Å². The second kappa shape index (κ2) is 8.08. The van der Waals surface area contributed by atoms with Crippen molar-refractivity contribution in [3.8, 4) is 0 Å². The summed E-state index contributed by atoms with van der Waals surface area (Å²) in [5, 5.41) is 15.2. The van der Waals surface area contributed by atoms with Crippen LogP contribution in [0.5, 0.6) is 0 Å². The molecule has 0 radical (unpaired) electrons. The Hall–Kier alpha value is -2.32. The molecule has 1 aliphatic rings. The zero-order valence-electron chi connectivity index (χ0n) is 11.8. The summed E-state index contributed by atoms with van der Waals surface area (Å²) >= 11 is 0. The predicted molar refractivity (Wildman–Crippen MR) is 72.5 cm³/mol. The summed E-state index contributed by atoms with van der Waals surface area (Å²) in [5.41, 5.74) is 0. The Bertz CT molecular complexity index is 420. The number of carboxylic acids is 1. The van der Waals surface area contributed by atoms with E-state index in [1.54, 1.807) is 11.8 Å². The first-order valence-corrected chi connectivity index (χ1v) is 6.72. The van der Waals surface area contributed by atoms with Gasteiger partial charge in [-0.3, -0.25) is 14.4 Å². The number of likely N-dealkylation sites (tertiary alicyclic amines) is 1. The second-order valence-electron chi connectivity index (χ2n) is 4.75. The Morgan fingerprint density at radius 2 is 1.71 bits per heavy atom. The van der Waals surface area contributed by atoms with Crippen LogP contribution >= 0.6 is 0 Å². The molecule has 0 aromatic heterocycles. The van der Waals surface area contributed by atoms with Crippen LogP contribution in [0.4, 0.5) is 4.79 Å². The van der Waals surface area contributed by atoms with Crippen molar-refractivity contribution in [3.63, 3.8) is 0 Å². The number of nitrogens with zero attached hydrogens (tertiary/aromatic N) is 1. The molecule has 0 saturated carbocycles. The van der Waals surface area contributed by atoms with E-state index in [1.165, 1.54) is 0 Å². The normalized spacial score (nSPS) is 15.2. The van der Waals surface area contributed by atoms with Crippen LogP contribution in [0.1, 0.15) is 19.8 Å². The highest BCUT2D eigenvalue weighted by molar-refractivity contribution is 5.89. The van der Waals surface area contributed by atoms with Gasteiger partial charge in [0.25, 0.3) is 0 Å². The van der Waals surface area contributed by atoms with Crippen LogP contribution in [0, 0.1) is 0 Å². The van der Waals surface area contributed by atoms with E-state index in [-0.39, 0.29) is 12.5 Å². The topological polar surface area (TPSA) is 128 Å². The highest BCUT2D eigenvalue weighted by atomic mass is 16.4. The summed E-state index contributed by atoms with van der Waals surface area (Å²) < 4.78 is 0. The van der Waals surface area contributed by atoms with Crippen LogP contribution in [-0.4, -0.2) is 66.0 Å². The summed E-state index contributed by atoms with van der Waals surface area (Å²) in [6.45, 7) is 2.11. The number of carboxylic acid groups (broad SMARTS) is 1. The lowest BCUT2D eigenvalue weighted by Gasteiger charge is -2.21. The Morgan fingerprint density at radius 3 is 2.29 bits per heavy atom. The molecule has 1 saturated heterocycles. The van der Waals surface area contributed by atoms with Crippen LogP contribution in [0.3, 0.4) is 0 Å². The molecule has 0 bridgehead atoms. The van der Waals surface area contributed by atoms with Gasteiger partial charge in [0, 0.05) is 13.1 Å². The third-order valence-electron chi connectivity index (χ3n) is 2.98. The van der Waals surface area contributed by atoms with Crippen LogP contribution in [-0.2, 0) is 14.4 Å². The largest absolute Gasteiger partial charge is 0.480 e. The summed E-state index contributed by atoms with van der Waals surface area (Å²) in [5.74, 6) is -1.94. The highest BCUT2D eigenvalue weighted by Gasteiger charge is 2.24. The number of urea groups is 1. The molecule has 9 heteroatoms. The fourth-order valence-electron chi connectivity index (χ4n) is 1.92. The minimum absolute atomic E-state index is 0.155. The van der Waals surface area contributed by atoms with Crippen LogP contribution in [0.25, 0.3) is 0 Å². The molecule has 1 unspecified atom stereocenters. The van der Waals surface area contributed by atoms with Crippen molar-refractivity contribution in [1.29, 1.82) is 0 Å². The molecule has 1 atom stereocenters. The lowest BCUT2D eigenvalue weighted by molar-refractivity contribution is -0.137. The Labute approximate surface area is 122 Å². The molecule has 1 aliphatic heterocycles. The van der Waals surface area contributed by atoms with Gasteiger partial charge >= 0.3 is 12.0 Å². The monoisotopic (exact) mass is 300 g/mol. The molecule has 21 heavy (non-hydrogen) atoms. The summed E-state index contributed by atoms with van der Waals surface area (Å²) in [7, 11) is 0. The molecule has 0 spiro atoms. The number of carbonyl (C=O) groups is 4. The lowest BCUT2D eigenvalue weighted by Crippen LogP contribution is -2.50. The van der Waals surface area contributed by atoms with Crippen molar-refractivity contribution in [3.05, 3.63) is 0 Å². The van der Waals surface area contributed by atoms with Gasteiger partial charge in [-0.05, 0) is 19.8 Å². The van der Waals surface area contributed by atoms with Gasteiger partial charge in [0.05, 0.1) is 6.54 Å². The van der Waals surface area contributed by atoms with Crippen LogP contribution in [0.2, 0.25) is 0 Å². The molecule has 1 rings (SSSR count). The molecule has 1 heterocycles. The first-order valence-electron chi connectivity index (χ1n) is 6.72. The zero-order valence-corrected chi connectivity index (χ0v) is 11.8. The molecule has 0 aromatic carbocycles. The quantitative estimate of drug-likeness (QED) is 0.474. The van der Waals surface area contributed by atoms with Crippen molar-refractivity contribution in [1.82, 2.24) is 20.9 Å². The first kappa shape index (κ1) is 16.7. The van der Waals surface area contributed by atoms with Crippen molar-refractivity contribution in [2.45, 2.75) is 25.8 Å². The van der Waals surface area contributed by atoms with E-state index in [1.807, 2.05) is 0 Å². The number of aliphatic carboxylic acids is 1. The molecule has 0 aromatic rings. The Morgan fingerprint density at radius 1 is 1.10 bits per heavy atom. The second-order valence-corrected chi connectivity index (χ2v) is 4.75. The van der Waals surface area contributed by atoms with E-state index in [9.17, 15) is 19.2 Å². The van der Waals surface area contributed by atoms with E-state index in [2.05, 4.69) is 16.0 Å². The van der Waals surface area contributed by atoms with Crippen LogP contribution in [0.15, 0.2) is 0 Å². The molecule has 0 aliphatic carbocycles. The smallest absolute Gasteiger partial charge is 0.322 e. The van der Waals surface area contributed by atoms with Crippen molar-refractivity contribution in [2.75, 3.05) is 26.2 Å². The van der Waals surface area contributed by atoms with E-state index in [0.29, 0.717) is 13.1 Å². The van der Waals surface area contributed by atoms with E-state index in [0.717, 1.165) is 12.8 Å². The number of amides is 4. The molecule has 9 nitrogen and oxygen atoms in total.